The van der Waals surface area contributed by atoms with Gasteiger partial charge in [0.2, 0.25) is 5.69 Å². The molecule has 0 aliphatic carbocycles. The van der Waals surface area contributed by atoms with E-state index < -0.39 is 4.92 Å². The molecule has 0 atom stereocenters. The van der Waals surface area contributed by atoms with Crippen molar-refractivity contribution in [1.29, 1.82) is 5.26 Å². The lowest BCUT2D eigenvalue weighted by molar-refractivity contribution is -0.385. The second-order valence-corrected chi connectivity index (χ2v) is 3.06. The molecule has 90 valence electrons. The lowest BCUT2D eigenvalue weighted by atomic mass is 10.3. The second kappa shape index (κ2) is 6.40. The van der Waals surface area contributed by atoms with Crippen molar-refractivity contribution in [3.8, 4) is 6.07 Å². The van der Waals surface area contributed by atoms with Gasteiger partial charge in [0, 0.05) is 19.2 Å². The number of nitriles is 1. The van der Waals surface area contributed by atoms with E-state index in [-0.39, 0.29) is 11.4 Å². The van der Waals surface area contributed by atoms with Gasteiger partial charge in [0.1, 0.15) is 11.9 Å². The molecule has 0 aliphatic rings. The first kappa shape index (κ1) is 12.9. The highest BCUT2D eigenvalue weighted by Crippen LogP contribution is 2.17. The first-order chi connectivity index (χ1) is 8.19. The summed E-state index contributed by atoms with van der Waals surface area (Å²) < 4.78 is 5.11. The third-order valence-corrected chi connectivity index (χ3v) is 1.93. The van der Waals surface area contributed by atoms with Crippen LogP contribution in [0.5, 0.6) is 0 Å². The Balaban J connectivity index is 2.70. The van der Waals surface area contributed by atoms with E-state index in [2.05, 4.69) is 10.3 Å². The molecule has 0 aromatic carbocycles. The van der Waals surface area contributed by atoms with Crippen LogP contribution < -0.4 is 5.32 Å². The van der Waals surface area contributed by atoms with Crippen LogP contribution in [-0.2, 0) is 4.74 Å². The Morgan fingerprint density at radius 1 is 1.65 bits per heavy atom. The van der Waals surface area contributed by atoms with E-state index in [1.165, 1.54) is 12.1 Å². The highest BCUT2D eigenvalue weighted by atomic mass is 16.6. The Hall–Kier alpha value is -2.20. The Bertz CT molecular complexity index is 442. The highest BCUT2D eigenvalue weighted by Gasteiger charge is 2.15. The molecule has 0 saturated carbocycles. The van der Waals surface area contributed by atoms with Crippen LogP contribution in [0.1, 0.15) is 12.6 Å². The third-order valence-electron chi connectivity index (χ3n) is 1.93. The van der Waals surface area contributed by atoms with Crippen LogP contribution >= 0.6 is 0 Å². The second-order valence-electron chi connectivity index (χ2n) is 3.06. The van der Waals surface area contributed by atoms with Crippen LogP contribution in [0.3, 0.4) is 0 Å². The van der Waals surface area contributed by atoms with Crippen LogP contribution in [-0.4, -0.2) is 29.7 Å². The normalized spacial score (nSPS) is 9.65. The van der Waals surface area contributed by atoms with Crippen molar-refractivity contribution in [1.82, 2.24) is 4.98 Å². The van der Waals surface area contributed by atoms with Crippen molar-refractivity contribution in [2.45, 2.75) is 6.92 Å². The maximum Gasteiger partial charge on any atom is 0.305 e. The molecular formula is C10H12N4O3. The molecule has 7 nitrogen and oxygen atoms in total. The van der Waals surface area contributed by atoms with Gasteiger partial charge in [-0.1, -0.05) is 0 Å². The standard InChI is InChI=1S/C10H12N4O3/c1-2-17-6-5-12-10-4-3-9(14(15)16)8(7-11)13-10/h3-4H,2,5-6H2,1H3,(H,12,13). The summed E-state index contributed by atoms with van der Waals surface area (Å²) in [5, 5.41) is 22.2. The quantitative estimate of drug-likeness (QED) is 0.454. The van der Waals surface area contributed by atoms with Crippen molar-refractivity contribution in [3.63, 3.8) is 0 Å². The van der Waals surface area contributed by atoms with Crippen LogP contribution in [0, 0.1) is 21.4 Å². The van der Waals surface area contributed by atoms with Crippen molar-refractivity contribution in [2.24, 2.45) is 0 Å². The van der Waals surface area contributed by atoms with Gasteiger partial charge < -0.3 is 10.1 Å². The number of pyridine rings is 1. The zero-order valence-electron chi connectivity index (χ0n) is 9.34. The smallest absolute Gasteiger partial charge is 0.305 e. The number of anilines is 1. The largest absolute Gasteiger partial charge is 0.380 e. The number of hydrogen-bond donors (Lipinski definition) is 1. The number of nitro groups is 1. The molecule has 0 fully saturated rings. The average Bonchev–Trinajstić information content (AvgIpc) is 2.34. The lowest BCUT2D eigenvalue weighted by Gasteiger charge is -2.05. The number of hydrogen-bond acceptors (Lipinski definition) is 6. The first-order valence-electron chi connectivity index (χ1n) is 5.06. The Labute approximate surface area is 98.2 Å². The van der Waals surface area contributed by atoms with Crippen molar-refractivity contribution < 1.29 is 9.66 Å². The molecule has 0 spiro atoms. The summed E-state index contributed by atoms with van der Waals surface area (Å²) in [6, 6.07) is 4.42. The summed E-state index contributed by atoms with van der Waals surface area (Å²) in [6.45, 7) is 3.55. The van der Waals surface area contributed by atoms with Crippen molar-refractivity contribution in [2.75, 3.05) is 25.1 Å². The van der Waals surface area contributed by atoms with Crippen molar-refractivity contribution >= 4 is 11.5 Å². The SMILES string of the molecule is CCOCCNc1ccc([N+](=O)[O-])c(C#N)n1. The van der Waals surface area contributed by atoms with Gasteiger partial charge in [-0.2, -0.15) is 5.26 Å². The maximum atomic E-state index is 10.6. The molecule has 1 heterocycles. The van der Waals surface area contributed by atoms with Gasteiger partial charge in [-0.05, 0) is 13.0 Å². The van der Waals surface area contributed by atoms with Gasteiger partial charge in [0.05, 0.1) is 11.5 Å². The molecule has 1 aromatic heterocycles. The summed E-state index contributed by atoms with van der Waals surface area (Å²) in [5.74, 6) is 0.423. The van der Waals surface area contributed by atoms with Crippen LogP contribution in [0.2, 0.25) is 0 Å². The molecule has 0 unspecified atom stereocenters. The van der Waals surface area contributed by atoms with E-state index >= 15 is 0 Å². The molecule has 0 saturated heterocycles. The third kappa shape index (κ3) is 3.70. The molecule has 0 aliphatic heterocycles. The Kier molecular flexibility index (Phi) is 4.84. The molecular weight excluding hydrogens is 224 g/mol. The van der Waals surface area contributed by atoms with Crippen LogP contribution in [0.4, 0.5) is 11.5 Å². The van der Waals surface area contributed by atoms with Crippen LogP contribution in [0.25, 0.3) is 0 Å². The summed E-state index contributed by atoms with van der Waals surface area (Å²) in [6.07, 6.45) is 0. The van der Waals surface area contributed by atoms with E-state index in [0.29, 0.717) is 25.6 Å². The minimum absolute atomic E-state index is 0.198. The number of nitrogens with one attached hydrogen (secondary N) is 1. The fourth-order valence-corrected chi connectivity index (χ4v) is 1.18. The molecule has 0 radical (unpaired) electrons. The Morgan fingerprint density at radius 3 is 3.00 bits per heavy atom. The molecule has 1 N–H and O–H groups in total. The number of nitrogens with zero attached hydrogens (tertiary/aromatic N) is 3. The first-order valence-corrected chi connectivity index (χ1v) is 5.06. The number of ether oxygens (including phenoxy) is 1. The van der Waals surface area contributed by atoms with Crippen molar-refractivity contribution in [3.05, 3.63) is 27.9 Å². The average molecular weight is 236 g/mol. The predicted octanol–water partition coefficient (Wildman–Crippen LogP) is 1.31. The van der Waals surface area contributed by atoms with Gasteiger partial charge in [-0.25, -0.2) is 4.98 Å². The van der Waals surface area contributed by atoms with Gasteiger partial charge in [0.15, 0.2) is 0 Å². The number of rotatable bonds is 6. The predicted molar refractivity (Wildman–Crippen MR) is 60.6 cm³/mol. The van der Waals surface area contributed by atoms with Gasteiger partial charge in [-0.3, -0.25) is 10.1 Å². The maximum absolute atomic E-state index is 10.6. The van der Waals surface area contributed by atoms with E-state index in [9.17, 15) is 10.1 Å². The molecule has 0 bridgehead atoms. The summed E-state index contributed by atoms with van der Waals surface area (Å²) >= 11 is 0. The van der Waals surface area contributed by atoms with Gasteiger partial charge in [-0.15, -0.1) is 0 Å². The molecule has 1 aromatic rings. The van der Waals surface area contributed by atoms with E-state index in [4.69, 9.17) is 10.00 Å². The minimum atomic E-state index is -0.629. The lowest BCUT2D eigenvalue weighted by Crippen LogP contribution is -2.10. The summed E-state index contributed by atoms with van der Waals surface area (Å²) in [5.41, 5.74) is -0.487. The van der Waals surface area contributed by atoms with Gasteiger partial charge in [0.25, 0.3) is 0 Å². The summed E-state index contributed by atoms with van der Waals surface area (Å²) in [4.78, 5) is 13.8. The molecule has 17 heavy (non-hydrogen) atoms. The minimum Gasteiger partial charge on any atom is -0.380 e. The van der Waals surface area contributed by atoms with E-state index in [1.807, 2.05) is 6.92 Å². The number of aromatic nitrogens is 1. The fraction of sp³-hybridized carbons (Fsp3) is 0.400. The Morgan fingerprint density at radius 2 is 2.41 bits per heavy atom. The highest BCUT2D eigenvalue weighted by molar-refractivity contribution is 5.50. The van der Waals surface area contributed by atoms with Crippen LogP contribution in [0.15, 0.2) is 12.1 Å². The fourth-order valence-electron chi connectivity index (χ4n) is 1.18. The summed E-state index contributed by atoms with van der Waals surface area (Å²) in [7, 11) is 0. The van der Waals surface area contributed by atoms with E-state index in [1.54, 1.807) is 6.07 Å². The van der Waals surface area contributed by atoms with Gasteiger partial charge >= 0.3 is 5.69 Å². The molecule has 7 heteroatoms. The topological polar surface area (TPSA) is 101 Å². The monoisotopic (exact) mass is 236 g/mol. The molecule has 0 amide bonds. The molecule has 1 rings (SSSR count). The van der Waals surface area contributed by atoms with E-state index in [0.717, 1.165) is 0 Å². The zero-order chi connectivity index (χ0) is 12.7. The zero-order valence-corrected chi connectivity index (χ0v) is 9.34.